The van der Waals surface area contributed by atoms with Gasteiger partial charge < -0.3 is 15.4 Å². The van der Waals surface area contributed by atoms with Crippen molar-refractivity contribution in [3.63, 3.8) is 0 Å². The molecule has 0 unspecified atom stereocenters. The number of methoxy groups -OCH3 is 1. The van der Waals surface area contributed by atoms with E-state index in [9.17, 15) is 4.79 Å². The van der Waals surface area contributed by atoms with Gasteiger partial charge >= 0.3 is 6.03 Å². The third-order valence-corrected chi connectivity index (χ3v) is 3.45. The highest BCUT2D eigenvalue weighted by Crippen LogP contribution is 2.15. The molecule has 19 heavy (non-hydrogen) atoms. The first-order chi connectivity index (χ1) is 9.29. The van der Waals surface area contributed by atoms with Crippen LogP contribution in [-0.4, -0.2) is 13.1 Å². The maximum atomic E-state index is 11.8. The molecule has 0 atom stereocenters. The number of thiophene rings is 1. The van der Waals surface area contributed by atoms with Gasteiger partial charge in [-0.2, -0.15) is 0 Å². The fraction of sp³-hybridized carbons (Fsp3) is 0.214. The zero-order valence-electron chi connectivity index (χ0n) is 10.7. The van der Waals surface area contributed by atoms with Crippen LogP contribution >= 0.6 is 11.3 Å². The van der Waals surface area contributed by atoms with Gasteiger partial charge in [0.15, 0.2) is 0 Å². The number of nitrogens with one attached hydrogen (secondary N) is 2. The largest absolute Gasteiger partial charge is 0.380 e. The molecular weight excluding hydrogens is 260 g/mol. The van der Waals surface area contributed by atoms with E-state index in [0.717, 1.165) is 16.1 Å². The molecule has 2 rings (SSSR count). The van der Waals surface area contributed by atoms with Gasteiger partial charge in [-0.25, -0.2) is 4.79 Å². The SMILES string of the molecule is COCc1ccccc1NC(=O)NCc1cccs1. The fourth-order valence-electron chi connectivity index (χ4n) is 1.67. The van der Waals surface area contributed by atoms with E-state index >= 15 is 0 Å². The number of urea groups is 1. The Bertz CT molecular complexity index is 526. The van der Waals surface area contributed by atoms with Crippen LogP contribution in [0.3, 0.4) is 0 Å². The molecule has 4 nitrogen and oxygen atoms in total. The number of benzene rings is 1. The molecule has 0 aliphatic carbocycles. The summed E-state index contributed by atoms with van der Waals surface area (Å²) in [6.45, 7) is 1.01. The molecule has 5 heteroatoms. The Morgan fingerprint density at radius 1 is 1.26 bits per heavy atom. The third-order valence-electron chi connectivity index (χ3n) is 2.57. The highest BCUT2D eigenvalue weighted by molar-refractivity contribution is 7.09. The summed E-state index contributed by atoms with van der Waals surface area (Å²) in [7, 11) is 1.63. The summed E-state index contributed by atoms with van der Waals surface area (Å²) < 4.78 is 5.10. The number of anilines is 1. The topological polar surface area (TPSA) is 50.4 Å². The lowest BCUT2D eigenvalue weighted by Crippen LogP contribution is -2.28. The Morgan fingerprint density at radius 3 is 2.84 bits per heavy atom. The summed E-state index contributed by atoms with van der Waals surface area (Å²) in [5, 5.41) is 7.64. The molecule has 0 saturated heterocycles. The zero-order valence-corrected chi connectivity index (χ0v) is 11.5. The van der Waals surface area contributed by atoms with Gasteiger partial charge in [-0.15, -0.1) is 11.3 Å². The van der Waals surface area contributed by atoms with Crippen LogP contribution in [0.1, 0.15) is 10.4 Å². The minimum absolute atomic E-state index is 0.211. The summed E-state index contributed by atoms with van der Waals surface area (Å²) in [6.07, 6.45) is 0. The standard InChI is InChI=1S/C14H16N2O2S/c1-18-10-11-5-2-3-7-13(11)16-14(17)15-9-12-6-4-8-19-12/h2-8H,9-10H2,1H3,(H2,15,16,17). The molecular formula is C14H16N2O2S. The zero-order chi connectivity index (χ0) is 13.5. The average molecular weight is 276 g/mol. The molecule has 1 heterocycles. The number of ether oxygens (including phenoxy) is 1. The van der Waals surface area contributed by atoms with E-state index in [1.54, 1.807) is 18.4 Å². The van der Waals surface area contributed by atoms with E-state index in [0.29, 0.717) is 13.2 Å². The Labute approximate surface area is 116 Å². The molecule has 0 fully saturated rings. The Kier molecular flexibility index (Phi) is 4.94. The maximum absolute atomic E-state index is 11.8. The molecule has 0 aliphatic rings. The predicted octanol–water partition coefficient (Wildman–Crippen LogP) is 3.22. The molecule has 0 radical (unpaired) electrons. The van der Waals surface area contributed by atoms with Gasteiger partial charge in [0.25, 0.3) is 0 Å². The summed E-state index contributed by atoms with van der Waals surface area (Å²) in [4.78, 5) is 12.9. The van der Waals surface area contributed by atoms with Crippen LogP contribution in [0.15, 0.2) is 41.8 Å². The molecule has 2 aromatic rings. The number of para-hydroxylation sites is 1. The fourth-order valence-corrected chi connectivity index (χ4v) is 2.32. The van der Waals surface area contributed by atoms with Crippen LogP contribution in [0.5, 0.6) is 0 Å². The van der Waals surface area contributed by atoms with Gasteiger partial charge in [0.2, 0.25) is 0 Å². The lowest BCUT2D eigenvalue weighted by atomic mass is 10.2. The summed E-state index contributed by atoms with van der Waals surface area (Å²) in [6, 6.07) is 11.3. The smallest absolute Gasteiger partial charge is 0.319 e. The van der Waals surface area contributed by atoms with Crippen molar-refractivity contribution >= 4 is 23.1 Å². The predicted molar refractivity (Wildman–Crippen MR) is 77.3 cm³/mol. The van der Waals surface area contributed by atoms with E-state index in [1.165, 1.54) is 0 Å². The van der Waals surface area contributed by atoms with E-state index in [4.69, 9.17) is 4.74 Å². The number of rotatable bonds is 5. The molecule has 0 saturated carbocycles. The van der Waals surface area contributed by atoms with E-state index in [1.807, 2.05) is 41.8 Å². The quantitative estimate of drug-likeness (QED) is 0.881. The lowest BCUT2D eigenvalue weighted by Gasteiger charge is -2.11. The number of amides is 2. The van der Waals surface area contributed by atoms with Crippen LogP contribution in [0, 0.1) is 0 Å². The van der Waals surface area contributed by atoms with E-state index in [2.05, 4.69) is 10.6 Å². The molecule has 0 bridgehead atoms. The van der Waals surface area contributed by atoms with E-state index < -0.39 is 0 Å². The van der Waals surface area contributed by atoms with Crippen LogP contribution in [0.25, 0.3) is 0 Å². The van der Waals surface area contributed by atoms with Crippen molar-refractivity contribution < 1.29 is 9.53 Å². The first-order valence-corrected chi connectivity index (χ1v) is 6.81. The van der Waals surface area contributed by atoms with Crippen molar-refractivity contribution in [3.05, 3.63) is 52.2 Å². The average Bonchev–Trinajstić information content (AvgIpc) is 2.92. The van der Waals surface area contributed by atoms with Gasteiger partial charge in [-0.3, -0.25) is 0 Å². The molecule has 100 valence electrons. The van der Waals surface area contributed by atoms with Crippen molar-refractivity contribution in [3.8, 4) is 0 Å². The maximum Gasteiger partial charge on any atom is 0.319 e. The number of hydrogen-bond acceptors (Lipinski definition) is 3. The molecule has 2 N–H and O–H groups in total. The van der Waals surface area contributed by atoms with Crippen LogP contribution in [-0.2, 0) is 17.9 Å². The van der Waals surface area contributed by atoms with Crippen molar-refractivity contribution in [2.45, 2.75) is 13.2 Å². The lowest BCUT2D eigenvalue weighted by molar-refractivity contribution is 0.185. The van der Waals surface area contributed by atoms with Crippen molar-refractivity contribution in [1.29, 1.82) is 0 Å². The summed E-state index contributed by atoms with van der Waals surface area (Å²) in [5.41, 5.74) is 1.73. The summed E-state index contributed by atoms with van der Waals surface area (Å²) >= 11 is 1.62. The van der Waals surface area contributed by atoms with Crippen LogP contribution in [0.2, 0.25) is 0 Å². The molecule has 1 aromatic carbocycles. The van der Waals surface area contributed by atoms with E-state index in [-0.39, 0.29) is 6.03 Å². The minimum atomic E-state index is -0.211. The second-order valence-electron chi connectivity index (χ2n) is 3.98. The monoisotopic (exact) mass is 276 g/mol. The first-order valence-electron chi connectivity index (χ1n) is 5.93. The molecule has 0 spiro atoms. The van der Waals surface area contributed by atoms with Gasteiger partial charge in [0, 0.05) is 23.2 Å². The van der Waals surface area contributed by atoms with Gasteiger partial charge in [-0.05, 0) is 17.5 Å². The van der Waals surface area contributed by atoms with Crippen molar-refractivity contribution in [2.24, 2.45) is 0 Å². The van der Waals surface area contributed by atoms with Crippen LogP contribution in [0.4, 0.5) is 10.5 Å². The van der Waals surface area contributed by atoms with Gasteiger partial charge in [0.1, 0.15) is 0 Å². The number of carbonyl (C=O) groups is 1. The Balaban J connectivity index is 1.91. The Hall–Kier alpha value is -1.85. The third kappa shape index (κ3) is 4.08. The van der Waals surface area contributed by atoms with Crippen LogP contribution < -0.4 is 10.6 Å². The number of hydrogen-bond donors (Lipinski definition) is 2. The number of carbonyl (C=O) groups excluding carboxylic acids is 1. The Morgan fingerprint density at radius 2 is 2.11 bits per heavy atom. The van der Waals surface area contributed by atoms with Crippen molar-refractivity contribution in [1.82, 2.24) is 5.32 Å². The molecule has 0 aliphatic heterocycles. The van der Waals surface area contributed by atoms with Gasteiger partial charge in [-0.1, -0.05) is 24.3 Å². The molecule has 1 aromatic heterocycles. The highest BCUT2D eigenvalue weighted by atomic mass is 32.1. The minimum Gasteiger partial charge on any atom is -0.380 e. The second kappa shape index (κ2) is 6.92. The summed E-state index contributed by atoms with van der Waals surface area (Å²) in [5.74, 6) is 0. The highest BCUT2D eigenvalue weighted by Gasteiger charge is 2.06. The second-order valence-corrected chi connectivity index (χ2v) is 5.01. The van der Waals surface area contributed by atoms with Gasteiger partial charge in [0.05, 0.1) is 13.2 Å². The van der Waals surface area contributed by atoms with Crippen molar-refractivity contribution in [2.75, 3.05) is 12.4 Å². The first kappa shape index (κ1) is 13.6. The molecule has 2 amide bonds. The normalized spacial score (nSPS) is 10.2.